The number of aromatic amines is 1. The molecular weight excluding hydrogens is 1390 g/mol. The molecule has 9 atom stereocenters. The largest absolute Gasteiger partial charge is 0.508 e. The molecule has 5 aromatic carbocycles. The Hall–Kier alpha value is -11.1. The lowest BCUT2D eigenvalue weighted by Gasteiger charge is -2.31. The average molecular weight is 1500 g/mol. The molecule has 574 valence electrons. The number of nitrogens with zero attached hydrogens (tertiary/aromatic N) is 1. The van der Waals surface area contributed by atoms with Crippen molar-refractivity contribution in [1.29, 1.82) is 10.8 Å². The number of likely N-dealkylation sites (tertiary alicyclic amines) is 1. The highest BCUT2D eigenvalue weighted by Gasteiger charge is 2.40. The van der Waals surface area contributed by atoms with Crippen molar-refractivity contribution in [1.82, 2.24) is 68.4 Å². The maximum absolute atomic E-state index is 15.1. The van der Waals surface area contributed by atoms with Crippen LogP contribution in [0.1, 0.15) is 114 Å². The lowest BCUT2D eigenvalue weighted by molar-refractivity contribution is -0.141. The van der Waals surface area contributed by atoms with Crippen LogP contribution in [0.4, 0.5) is 0 Å². The fraction of sp³-hybridized carbons (Fsp3) is 0.434. The smallest absolute Gasteiger partial charge is 0.245 e. The molecule has 1 aliphatic rings. The molecular formula is C76H100ClN17O13. The number of guanidine groups is 2. The van der Waals surface area contributed by atoms with Gasteiger partial charge in [-0.25, -0.2) is 0 Å². The van der Waals surface area contributed by atoms with Crippen LogP contribution in [0.3, 0.4) is 0 Å². The van der Waals surface area contributed by atoms with Gasteiger partial charge in [0.05, 0.1) is 12.6 Å². The number of halogens is 1. The summed E-state index contributed by atoms with van der Waals surface area (Å²) in [4.78, 5) is 161. The molecule has 0 bridgehead atoms. The van der Waals surface area contributed by atoms with Gasteiger partial charge in [0, 0.05) is 93.8 Å². The van der Waals surface area contributed by atoms with Gasteiger partial charge in [-0.3, -0.25) is 63.6 Å². The normalized spacial score (nSPS) is 14.8. The SMILES string of the molecule is CCNC(=N)NCCCCC(NC(=O)C(Cc1ccc(O)cc1)NC(=O)C(CO)NC(=O)C(Cc1c[nH]c2ccccc12)NC(=O)C(Cc1ccc(Cl)cc1)NC(=O)C(Cc1ccc2ccccc2c1)NC(C)=O)C(=O)NC(CC(C)C)C(=O)NC(CCCNC(=N)N)C(=O)N1CCCC1C(=O)CCC(N)=O. The molecule has 107 heavy (non-hydrogen) atoms. The number of hydrogen-bond donors (Lipinski definition) is 18. The highest BCUT2D eigenvalue weighted by atomic mass is 35.5. The van der Waals surface area contributed by atoms with E-state index in [0.29, 0.717) is 64.0 Å². The highest BCUT2D eigenvalue weighted by molar-refractivity contribution is 6.30. The third-order valence-corrected chi connectivity index (χ3v) is 18.4. The van der Waals surface area contributed by atoms with Crippen molar-refractivity contribution in [3.05, 3.63) is 149 Å². The summed E-state index contributed by atoms with van der Waals surface area (Å²) in [6.07, 6.45) is 2.16. The van der Waals surface area contributed by atoms with Crippen LogP contribution in [-0.2, 0) is 78.4 Å². The van der Waals surface area contributed by atoms with E-state index in [2.05, 4.69) is 63.5 Å². The fourth-order valence-electron chi connectivity index (χ4n) is 12.7. The zero-order valence-corrected chi connectivity index (χ0v) is 61.4. The first-order chi connectivity index (χ1) is 51.2. The summed E-state index contributed by atoms with van der Waals surface area (Å²) in [5.41, 5.74) is 13.8. The van der Waals surface area contributed by atoms with Gasteiger partial charge in [0.2, 0.25) is 59.1 Å². The summed E-state index contributed by atoms with van der Waals surface area (Å²) in [5.74, 6) is -9.04. The van der Waals surface area contributed by atoms with E-state index in [1.54, 1.807) is 68.6 Å². The second-order valence-corrected chi connectivity index (χ2v) is 27.5. The van der Waals surface area contributed by atoms with E-state index >= 15 is 14.4 Å². The number of hydrogen-bond acceptors (Lipinski definition) is 15. The number of rotatable bonds is 41. The zero-order chi connectivity index (χ0) is 77.7. The van der Waals surface area contributed by atoms with Crippen LogP contribution < -0.4 is 70.0 Å². The second-order valence-electron chi connectivity index (χ2n) is 27.1. The molecule has 1 aromatic heterocycles. The molecule has 0 radical (unpaired) electrons. The molecule has 1 saturated heterocycles. The molecule has 10 amide bonds. The fourth-order valence-corrected chi connectivity index (χ4v) is 12.8. The van der Waals surface area contributed by atoms with Crippen molar-refractivity contribution >= 4 is 110 Å². The number of nitrogens with two attached hydrogens (primary N) is 2. The predicted molar refractivity (Wildman–Crippen MR) is 405 cm³/mol. The molecule has 2 heterocycles. The average Bonchev–Trinajstić information content (AvgIpc) is 1.80. The Labute approximate surface area is 625 Å². The van der Waals surface area contributed by atoms with E-state index in [4.69, 9.17) is 33.9 Å². The number of aromatic nitrogens is 1. The maximum Gasteiger partial charge on any atom is 0.245 e. The summed E-state index contributed by atoms with van der Waals surface area (Å²) in [5, 5.41) is 70.4. The first-order valence-electron chi connectivity index (χ1n) is 36.0. The standard InChI is InChI=1S/C76H100ClN17O13/c1-5-82-76(81)84-33-11-10-18-56(67(100)89-58(36-44(2)3)68(101)88-57(19-12-34-83-75(79)80)74(107)94-35-13-20-64(94)65(98)31-32-66(78)99)87-70(103)60(39-47-24-29-53(97)30-25-47)91-73(106)63(43-95)93-72(105)62(41-51-42-85-55-17-9-8-16-54(51)55)92-71(104)61(38-46-22-27-52(77)28-23-46)90-69(102)59(86-45(4)96)40-48-21-26-49-14-6-7-15-50(49)37-48/h6-9,14-17,21-30,37,42,44,56-64,85,95,97H,5,10-13,18-20,31-36,38-41,43H2,1-4H3,(H2,78,99)(H,86,96)(H,87,103)(H,88,101)(H,89,100)(H,90,102)(H,91,106)(H,92,104)(H,93,105)(H4,79,80,83)(H3,81,82,84). The first kappa shape index (κ1) is 83.1. The van der Waals surface area contributed by atoms with E-state index in [1.165, 1.54) is 36.1 Å². The molecule has 20 N–H and O–H groups in total. The van der Waals surface area contributed by atoms with Gasteiger partial charge < -0.3 is 90.0 Å². The first-order valence-corrected chi connectivity index (χ1v) is 36.4. The van der Waals surface area contributed by atoms with Gasteiger partial charge in [-0.1, -0.05) is 110 Å². The van der Waals surface area contributed by atoms with Crippen molar-refractivity contribution in [3.63, 3.8) is 0 Å². The Morgan fingerprint density at radius 2 is 1.08 bits per heavy atom. The number of benzene rings is 5. The number of aliphatic hydroxyl groups excluding tert-OH is 1. The van der Waals surface area contributed by atoms with Gasteiger partial charge in [0.15, 0.2) is 17.7 Å². The van der Waals surface area contributed by atoms with Crippen molar-refractivity contribution in [2.24, 2.45) is 17.4 Å². The second kappa shape index (κ2) is 41.5. The lowest BCUT2D eigenvalue weighted by Crippen LogP contribution is -2.61. The number of Topliss-reactive ketones (excluding diaryl/α,β-unsaturated/α-hetero) is 1. The maximum atomic E-state index is 15.1. The monoisotopic (exact) mass is 1490 g/mol. The van der Waals surface area contributed by atoms with E-state index in [0.717, 1.165) is 10.8 Å². The Balaban J connectivity index is 1.16. The van der Waals surface area contributed by atoms with Gasteiger partial charge >= 0.3 is 0 Å². The van der Waals surface area contributed by atoms with Crippen molar-refractivity contribution in [2.75, 3.05) is 32.8 Å². The number of primary amides is 1. The minimum absolute atomic E-state index is 0.00611. The number of para-hydroxylation sites is 1. The van der Waals surface area contributed by atoms with Crippen molar-refractivity contribution in [2.45, 2.75) is 172 Å². The zero-order valence-electron chi connectivity index (χ0n) is 60.6. The van der Waals surface area contributed by atoms with Gasteiger partial charge in [-0.15, -0.1) is 0 Å². The molecule has 31 heteroatoms. The van der Waals surface area contributed by atoms with E-state index in [1.807, 2.05) is 49.4 Å². The number of phenols is 1. The number of carbonyl (C=O) groups is 11. The van der Waals surface area contributed by atoms with E-state index in [9.17, 15) is 48.6 Å². The van der Waals surface area contributed by atoms with Crippen LogP contribution in [0.25, 0.3) is 21.7 Å². The van der Waals surface area contributed by atoms with Gasteiger partial charge in [-0.05, 0) is 128 Å². The number of aliphatic hydroxyl groups is 1. The predicted octanol–water partition coefficient (Wildman–Crippen LogP) is 2.28. The molecule has 1 fully saturated rings. The Morgan fingerprint density at radius 1 is 0.570 bits per heavy atom. The minimum Gasteiger partial charge on any atom is -0.508 e. The number of ketones is 1. The van der Waals surface area contributed by atoms with Crippen LogP contribution in [-0.4, -0.2) is 184 Å². The summed E-state index contributed by atoms with van der Waals surface area (Å²) >= 11 is 6.27. The molecule has 0 saturated carbocycles. The van der Waals surface area contributed by atoms with E-state index in [-0.39, 0.29) is 120 Å². The number of carbonyl (C=O) groups excluding carboxylic acids is 11. The number of unbranched alkanes of at least 4 members (excludes halogenated alkanes) is 1. The summed E-state index contributed by atoms with van der Waals surface area (Å²) in [7, 11) is 0. The van der Waals surface area contributed by atoms with Crippen LogP contribution in [0.2, 0.25) is 5.02 Å². The topological polar surface area (TPSA) is 479 Å². The van der Waals surface area contributed by atoms with E-state index < -0.39 is 120 Å². The third-order valence-electron chi connectivity index (χ3n) is 18.2. The van der Waals surface area contributed by atoms with Crippen LogP contribution in [0.5, 0.6) is 5.75 Å². The van der Waals surface area contributed by atoms with Crippen molar-refractivity contribution in [3.8, 4) is 5.75 Å². The molecule has 0 aliphatic carbocycles. The van der Waals surface area contributed by atoms with Gasteiger partial charge in [-0.2, -0.15) is 0 Å². The summed E-state index contributed by atoms with van der Waals surface area (Å²) in [6, 6.07) is 20.1. The van der Waals surface area contributed by atoms with Crippen LogP contribution in [0, 0.1) is 16.7 Å². The number of aromatic hydroxyl groups is 1. The Kier molecular flexibility index (Phi) is 32.3. The number of amides is 10. The number of nitrogens with one attached hydrogen (secondary N) is 14. The molecule has 1 aliphatic heterocycles. The molecule has 0 spiro atoms. The minimum atomic E-state index is -1.83. The number of phenolic OH excluding ortho intramolecular Hbond substituents is 1. The third kappa shape index (κ3) is 26.4. The van der Waals surface area contributed by atoms with Gasteiger partial charge in [0.25, 0.3) is 0 Å². The summed E-state index contributed by atoms with van der Waals surface area (Å²) < 4.78 is 0. The van der Waals surface area contributed by atoms with Crippen LogP contribution in [0.15, 0.2) is 121 Å². The molecule has 7 rings (SSSR count). The molecule has 6 aromatic rings. The van der Waals surface area contributed by atoms with Crippen LogP contribution >= 0.6 is 11.6 Å². The van der Waals surface area contributed by atoms with Crippen molar-refractivity contribution < 1.29 is 63.0 Å². The summed E-state index contributed by atoms with van der Waals surface area (Å²) in [6.45, 7) is 6.68. The lowest BCUT2D eigenvalue weighted by atomic mass is 9.99. The Bertz CT molecular complexity index is 4100. The Morgan fingerprint density at radius 3 is 1.70 bits per heavy atom. The molecule has 9 unspecified atom stereocenters. The highest BCUT2D eigenvalue weighted by Crippen LogP contribution is 2.25. The number of fused-ring (bicyclic) bond motifs is 2. The number of H-pyrrole nitrogens is 1. The molecule has 30 nitrogen and oxygen atoms in total. The van der Waals surface area contributed by atoms with Gasteiger partial charge in [0.1, 0.15) is 54.1 Å². The quantitative estimate of drug-likeness (QED) is 0.0149.